The average Bonchev–Trinajstić information content (AvgIpc) is 2.99. The predicted octanol–water partition coefficient (Wildman–Crippen LogP) is 3.45. The number of ether oxygens (including phenoxy) is 2. The van der Waals surface area contributed by atoms with E-state index in [9.17, 15) is 9.59 Å². The fraction of sp³-hybridized carbons (Fsp3) is 0.556. The van der Waals surface area contributed by atoms with Gasteiger partial charge in [0.05, 0.1) is 6.61 Å². The number of hydrogen-bond donors (Lipinski definition) is 1. The monoisotopic (exact) mass is 400 g/mol. The van der Waals surface area contributed by atoms with Gasteiger partial charge in [0, 0.05) is 24.4 Å². The zero-order chi connectivity index (χ0) is 19.3. The first-order valence-corrected chi connectivity index (χ1v) is 9.80. The van der Waals surface area contributed by atoms with Gasteiger partial charge in [0.15, 0.2) is 0 Å². The van der Waals surface area contributed by atoms with Crippen LogP contribution in [0.2, 0.25) is 5.02 Å². The first kappa shape index (κ1) is 20.9. The molecule has 0 saturated carbocycles. The Hall–Kier alpha value is -1.44. The second-order valence-corrected chi connectivity index (χ2v) is 8.47. The summed E-state index contributed by atoms with van der Waals surface area (Å²) >= 11 is 7.50. The minimum absolute atomic E-state index is 0.211. The van der Waals surface area contributed by atoms with Gasteiger partial charge in [-0.1, -0.05) is 23.7 Å². The molecule has 1 aliphatic rings. The maximum atomic E-state index is 12.8. The molecule has 1 N–H and O–H groups in total. The van der Waals surface area contributed by atoms with Crippen LogP contribution in [0.3, 0.4) is 0 Å². The lowest BCUT2D eigenvalue weighted by atomic mass is 10.1. The molecular formula is C18H25ClN2O4S. The number of halogens is 1. The molecule has 2 amide bonds. The van der Waals surface area contributed by atoms with Crippen LogP contribution in [-0.4, -0.2) is 54.6 Å². The summed E-state index contributed by atoms with van der Waals surface area (Å²) in [7, 11) is 1.57. The van der Waals surface area contributed by atoms with Crippen molar-refractivity contribution in [3.63, 3.8) is 0 Å². The number of hydrogen-bond acceptors (Lipinski definition) is 5. The minimum Gasteiger partial charge on any atom is -0.444 e. The first-order chi connectivity index (χ1) is 12.2. The van der Waals surface area contributed by atoms with Gasteiger partial charge in [0.2, 0.25) is 5.91 Å². The topological polar surface area (TPSA) is 67.9 Å². The number of amides is 2. The summed E-state index contributed by atoms with van der Waals surface area (Å²) in [5.74, 6) is 0.280. The summed E-state index contributed by atoms with van der Waals surface area (Å²) in [5.41, 5.74) is 0.254. The van der Waals surface area contributed by atoms with Crippen LogP contribution < -0.4 is 5.32 Å². The molecule has 0 spiro atoms. The van der Waals surface area contributed by atoms with Crippen LogP contribution >= 0.6 is 23.4 Å². The van der Waals surface area contributed by atoms with Crippen LogP contribution in [0, 0.1) is 0 Å². The zero-order valence-electron chi connectivity index (χ0n) is 15.5. The molecule has 26 heavy (non-hydrogen) atoms. The molecule has 8 heteroatoms. The van der Waals surface area contributed by atoms with E-state index in [1.165, 1.54) is 16.7 Å². The third-order valence-electron chi connectivity index (χ3n) is 3.67. The van der Waals surface area contributed by atoms with Crippen LogP contribution in [0.1, 0.15) is 31.7 Å². The molecule has 2 atom stereocenters. The van der Waals surface area contributed by atoms with E-state index in [2.05, 4.69) is 5.32 Å². The van der Waals surface area contributed by atoms with Crippen LogP contribution in [0.25, 0.3) is 0 Å². The van der Waals surface area contributed by atoms with E-state index in [1.54, 1.807) is 40.0 Å². The third kappa shape index (κ3) is 5.53. The molecule has 0 radical (unpaired) electrons. The van der Waals surface area contributed by atoms with Crippen molar-refractivity contribution in [2.24, 2.45) is 0 Å². The van der Waals surface area contributed by atoms with Crippen molar-refractivity contribution < 1.29 is 19.1 Å². The maximum Gasteiger partial charge on any atom is 0.412 e. The molecule has 1 aromatic rings. The number of thioether (sulfide) groups is 1. The smallest absolute Gasteiger partial charge is 0.412 e. The molecule has 0 unspecified atom stereocenters. The molecular weight excluding hydrogens is 376 g/mol. The van der Waals surface area contributed by atoms with Crippen LogP contribution in [-0.2, 0) is 14.3 Å². The largest absolute Gasteiger partial charge is 0.444 e. The van der Waals surface area contributed by atoms with E-state index < -0.39 is 17.7 Å². The molecule has 1 aliphatic heterocycles. The third-order valence-corrected chi connectivity index (χ3v) is 5.24. The number of nitrogens with zero attached hydrogens (tertiary/aromatic N) is 1. The molecule has 0 aliphatic carbocycles. The van der Waals surface area contributed by atoms with Crippen LogP contribution in [0.4, 0.5) is 4.79 Å². The Morgan fingerprint density at radius 1 is 1.31 bits per heavy atom. The van der Waals surface area contributed by atoms with Gasteiger partial charge in [-0.25, -0.2) is 4.79 Å². The minimum atomic E-state index is -0.647. The average molecular weight is 401 g/mol. The zero-order valence-corrected chi connectivity index (χ0v) is 17.0. The van der Waals surface area contributed by atoms with E-state index in [0.29, 0.717) is 23.9 Å². The highest BCUT2D eigenvalue weighted by molar-refractivity contribution is 7.99. The SMILES string of the molecule is COCCNC(=O)[C@@H]1CS[C@H](c2ccc(Cl)cc2)N1C(=O)OC(C)(C)C. The Balaban J connectivity index is 2.23. The van der Waals surface area contributed by atoms with Crippen molar-refractivity contribution in [2.75, 3.05) is 26.0 Å². The Labute approximate surface area is 163 Å². The summed E-state index contributed by atoms with van der Waals surface area (Å²) < 4.78 is 10.5. The predicted molar refractivity (Wildman–Crippen MR) is 103 cm³/mol. The van der Waals surface area contributed by atoms with Crippen molar-refractivity contribution in [1.82, 2.24) is 10.2 Å². The van der Waals surface area contributed by atoms with Gasteiger partial charge in [-0.3, -0.25) is 9.69 Å². The second kappa shape index (κ2) is 8.97. The van der Waals surface area contributed by atoms with Crippen LogP contribution in [0.15, 0.2) is 24.3 Å². The van der Waals surface area contributed by atoms with Crippen molar-refractivity contribution >= 4 is 35.4 Å². The molecule has 1 fully saturated rings. The van der Waals surface area contributed by atoms with Crippen molar-refractivity contribution in [3.05, 3.63) is 34.9 Å². The lowest BCUT2D eigenvalue weighted by Crippen LogP contribution is -2.49. The lowest BCUT2D eigenvalue weighted by molar-refractivity contribution is -0.125. The van der Waals surface area contributed by atoms with Gasteiger partial charge in [-0.05, 0) is 38.5 Å². The van der Waals surface area contributed by atoms with Gasteiger partial charge in [0.25, 0.3) is 0 Å². The van der Waals surface area contributed by atoms with E-state index in [1.807, 2.05) is 12.1 Å². The first-order valence-electron chi connectivity index (χ1n) is 8.38. The lowest BCUT2D eigenvalue weighted by Gasteiger charge is -2.31. The fourth-order valence-corrected chi connectivity index (χ4v) is 4.07. The molecule has 0 bridgehead atoms. The van der Waals surface area contributed by atoms with Gasteiger partial charge < -0.3 is 14.8 Å². The number of rotatable bonds is 5. The molecule has 1 saturated heterocycles. The van der Waals surface area contributed by atoms with Crippen molar-refractivity contribution in [1.29, 1.82) is 0 Å². The van der Waals surface area contributed by atoms with E-state index in [4.69, 9.17) is 21.1 Å². The quantitative estimate of drug-likeness (QED) is 0.766. The van der Waals surface area contributed by atoms with Gasteiger partial charge in [-0.2, -0.15) is 0 Å². The van der Waals surface area contributed by atoms with Crippen molar-refractivity contribution in [2.45, 2.75) is 37.8 Å². The highest BCUT2D eigenvalue weighted by Crippen LogP contribution is 2.42. The molecule has 1 aromatic carbocycles. The molecule has 0 aromatic heterocycles. The summed E-state index contributed by atoms with van der Waals surface area (Å²) in [5, 5.41) is 3.12. The Morgan fingerprint density at radius 3 is 2.54 bits per heavy atom. The van der Waals surface area contributed by atoms with Crippen molar-refractivity contribution in [3.8, 4) is 0 Å². The molecule has 1 heterocycles. The van der Waals surface area contributed by atoms with Gasteiger partial charge in [0.1, 0.15) is 17.0 Å². The Morgan fingerprint density at radius 2 is 1.96 bits per heavy atom. The number of benzene rings is 1. The summed E-state index contributed by atoms with van der Waals surface area (Å²) in [6.45, 7) is 6.22. The van der Waals surface area contributed by atoms with Gasteiger partial charge in [-0.15, -0.1) is 11.8 Å². The molecule has 2 rings (SSSR count). The summed E-state index contributed by atoms with van der Waals surface area (Å²) in [6.07, 6.45) is -0.505. The number of nitrogens with one attached hydrogen (secondary N) is 1. The van der Waals surface area contributed by atoms with E-state index in [-0.39, 0.29) is 11.3 Å². The second-order valence-electron chi connectivity index (χ2n) is 6.92. The van der Waals surface area contributed by atoms with E-state index >= 15 is 0 Å². The molecule has 144 valence electrons. The standard InChI is InChI=1S/C18H25ClN2O4S/c1-18(2,3)25-17(23)21-14(15(22)20-9-10-24-4)11-26-16(21)12-5-7-13(19)8-6-12/h5-8,14,16H,9-11H2,1-4H3,(H,20,22)/t14-,16+/m0/s1. The van der Waals surface area contributed by atoms with E-state index in [0.717, 1.165) is 5.56 Å². The Bertz CT molecular complexity index is 633. The number of carbonyl (C=O) groups excluding carboxylic acids is 2. The molecule has 6 nitrogen and oxygen atoms in total. The fourth-order valence-electron chi connectivity index (χ4n) is 2.52. The number of carbonyl (C=O) groups is 2. The highest BCUT2D eigenvalue weighted by atomic mass is 35.5. The normalized spacial score (nSPS) is 20.1. The van der Waals surface area contributed by atoms with Crippen LogP contribution in [0.5, 0.6) is 0 Å². The Kier molecular flexibility index (Phi) is 7.20. The van der Waals surface area contributed by atoms with Gasteiger partial charge >= 0.3 is 6.09 Å². The summed E-state index contributed by atoms with van der Waals surface area (Å²) in [6, 6.07) is 6.67. The number of methoxy groups -OCH3 is 1. The summed E-state index contributed by atoms with van der Waals surface area (Å²) in [4.78, 5) is 26.9. The maximum absolute atomic E-state index is 12.8. The highest BCUT2D eigenvalue weighted by Gasteiger charge is 2.44.